The molecule has 1 aliphatic heterocycles. The van der Waals surface area contributed by atoms with Gasteiger partial charge in [-0.2, -0.15) is 0 Å². The van der Waals surface area contributed by atoms with Gasteiger partial charge < -0.3 is 15.4 Å². The number of amides is 1. The molecule has 2 rings (SSSR count). The van der Waals surface area contributed by atoms with E-state index < -0.39 is 0 Å². The van der Waals surface area contributed by atoms with Crippen molar-refractivity contribution in [3.05, 3.63) is 24.3 Å². The summed E-state index contributed by atoms with van der Waals surface area (Å²) in [5, 5.41) is 0. The molecule has 0 aromatic heterocycles. The number of benzene rings is 1. The lowest BCUT2D eigenvalue weighted by atomic mass is 10.0. The first-order valence-electron chi connectivity index (χ1n) is 6.95. The number of carbonyl (C=O) groups excluding carboxylic acids is 1. The first kappa shape index (κ1) is 13.7. The lowest BCUT2D eigenvalue weighted by Crippen LogP contribution is -2.33. The van der Waals surface area contributed by atoms with Gasteiger partial charge in [-0.1, -0.05) is 13.3 Å². The molecule has 4 heteroatoms. The SMILES string of the molecule is CCCC1CCN(C(=O)COc2ccc(N)cc2)C1. The van der Waals surface area contributed by atoms with Gasteiger partial charge in [-0.15, -0.1) is 0 Å². The highest BCUT2D eigenvalue weighted by Gasteiger charge is 2.25. The zero-order valence-corrected chi connectivity index (χ0v) is 11.5. The Hall–Kier alpha value is -1.71. The van der Waals surface area contributed by atoms with Crippen LogP contribution in [-0.4, -0.2) is 30.5 Å². The molecule has 1 saturated heterocycles. The minimum atomic E-state index is 0.0791. The van der Waals surface area contributed by atoms with Crippen LogP contribution in [0, 0.1) is 5.92 Å². The molecule has 1 atom stereocenters. The van der Waals surface area contributed by atoms with Crippen molar-refractivity contribution in [2.75, 3.05) is 25.4 Å². The number of anilines is 1. The largest absolute Gasteiger partial charge is 0.484 e. The number of hydrogen-bond donors (Lipinski definition) is 1. The molecule has 4 nitrogen and oxygen atoms in total. The Labute approximate surface area is 114 Å². The van der Waals surface area contributed by atoms with Crippen LogP contribution in [0.4, 0.5) is 5.69 Å². The van der Waals surface area contributed by atoms with Gasteiger partial charge in [0.05, 0.1) is 0 Å². The molecule has 0 saturated carbocycles. The van der Waals surface area contributed by atoms with Gasteiger partial charge in [0.15, 0.2) is 6.61 Å². The molecule has 19 heavy (non-hydrogen) atoms. The van der Waals surface area contributed by atoms with Crippen LogP contribution in [0.5, 0.6) is 5.75 Å². The Morgan fingerprint density at radius 1 is 1.42 bits per heavy atom. The van der Waals surface area contributed by atoms with Crippen molar-refractivity contribution >= 4 is 11.6 Å². The predicted molar refractivity (Wildman–Crippen MR) is 75.9 cm³/mol. The standard InChI is InChI=1S/C15H22N2O2/c1-2-3-12-8-9-17(10-12)15(18)11-19-14-6-4-13(16)5-7-14/h4-7,12H,2-3,8-11,16H2,1H3. The first-order valence-corrected chi connectivity index (χ1v) is 6.95. The van der Waals surface area contributed by atoms with Crippen LogP contribution in [0.2, 0.25) is 0 Å². The van der Waals surface area contributed by atoms with Gasteiger partial charge in [0.2, 0.25) is 0 Å². The molecule has 104 valence electrons. The zero-order chi connectivity index (χ0) is 13.7. The van der Waals surface area contributed by atoms with Crippen LogP contribution in [-0.2, 0) is 4.79 Å². The van der Waals surface area contributed by atoms with Gasteiger partial charge >= 0.3 is 0 Å². The monoisotopic (exact) mass is 262 g/mol. The molecule has 2 N–H and O–H groups in total. The second-order valence-corrected chi connectivity index (χ2v) is 5.14. The lowest BCUT2D eigenvalue weighted by molar-refractivity contribution is -0.132. The highest BCUT2D eigenvalue weighted by molar-refractivity contribution is 5.78. The topological polar surface area (TPSA) is 55.6 Å². The number of nitrogen functional groups attached to an aromatic ring is 1. The van der Waals surface area contributed by atoms with E-state index in [1.807, 2.05) is 4.90 Å². The maximum absolute atomic E-state index is 12.0. The van der Waals surface area contributed by atoms with E-state index in [4.69, 9.17) is 10.5 Å². The smallest absolute Gasteiger partial charge is 0.260 e. The maximum Gasteiger partial charge on any atom is 0.260 e. The van der Waals surface area contributed by atoms with Gasteiger partial charge in [0, 0.05) is 18.8 Å². The predicted octanol–water partition coefficient (Wildman–Crippen LogP) is 2.30. The van der Waals surface area contributed by atoms with E-state index in [0.29, 0.717) is 17.4 Å². The molecule has 1 fully saturated rings. The lowest BCUT2D eigenvalue weighted by Gasteiger charge is -2.16. The molecule has 1 unspecified atom stereocenters. The average molecular weight is 262 g/mol. The van der Waals surface area contributed by atoms with Crippen LogP contribution < -0.4 is 10.5 Å². The summed E-state index contributed by atoms with van der Waals surface area (Å²) in [6.45, 7) is 4.06. The van der Waals surface area contributed by atoms with Gasteiger partial charge in [0.1, 0.15) is 5.75 Å². The fourth-order valence-electron chi connectivity index (χ4n) is 2.50. The van der Waals surface area contributed by atoms with Crippen LogP contribution in [0.25, 0.3) is 0 Å². The highest BCUT2D eigenvalue weighted by atomic mass is 16.5. The van der Waals surface area contributed by atoms with Crippen LogP contribution in [0.1, 0.15) is 26.2 Å². The van der Waals surface area contributed by atoms with Gasteiger partial charge in [-0.05, 0) is 43.0 Å². The molecule has 0 aliphatic carbocycles. The fraction of sp³-hybridized carbons (Fsp3) is 0.533. The number of nitrogens with zero attached hydrogens (tertiary/aromatic N) is 1. The first-order chi connectivity index (χ1) is 9.19. The minimum Gasteiger partial charge on any atom is -0.484 e. The summed E-state index contributed by atoms with van der Waals surface area (Å²) in [4.78, 5) is 13.9. The van der Waals surface area contributed by atoms with Crippen molar-refractivity contribution in [2.24, 2.45) is 5.92 Å². The van der Waals surface area contributed by atoms with E-state index >= 15 is 0 Å². The second-order valence-electron chi connectivity index (χ2n) is 5.14. The summed E-state index contributed by atoms with van der Waals surface area (Å²) >= 11 is 0. The molecular formula is C15H22N2O2. The third-order valence-corrected chi connectivity index (χ3v) is 3.58. The summed E-state index contributed by atoms with van der Waals surface area (Å²) in [6, 6.07) is 7.11. The Morgan fingerprint density at radius 3 is 2.84 bits per heavy atom. The van der Waals surface area contributed by atoms with Gasteiger partial charge in [0.25, 0.3) is 5.91 Å². The van der Waals surface area contributed by atoms with E-state index in [1.165, 1.54) is 12.8 Å². The number of nitrogens with two attached hydrogens (primary N) is 1. The number of carbonyl (C=O) groups is 1. The number of hydrogen-bond acceptors (Lipinski definition) is 3. The Morgan fingerprint density at radius 2 is 2.16 bits per heavy atom. The minimum absolute atomic E-state index is 0.0791. The van der Waals surface area contributed by atoms with Crippen molar-refractivity contribution in [3.63, 3.8) is 0 Å². The summed E-state index contributed by atoms with van der Waals surface area (Å²) in [6.07, 6.45) is 3.53. The third kappa shape index (κ3) is 3.88. The molecule has 1 aromatic rings. The normalized spacial score (nSPS) is 18.6. The molecule has 1 amide bonds. The third-order valence-electron chi connectivity index (χ3n) is 3.58. The number of likely N-dealkylation sites (tertiary alicyclic amines) is 1. The van der Waals surface area contributed by atoms with Crippen molar-refractivity contribution in [3.8, 4) is 5.75 Å². The van der Waals surface area contributed by atoms with E-state index in [-0.39, 0.29) is 12.5 Å². The van der Waals surface area contributed by atoms with Crippen molar-refractivity contribution in [1.29, 1.82) is 0 Å². The summed E-state index contributed by atoms with van der Waals surface area (Å²) in [5.74, 6) is 1.44. The summed E-state index contributed by atoms with van der Waals surface area (Å²) < 4.78 is 5.48. The molecule has 1 aliphatic rings. The average Bonchev–Trinajstić information content (AvgIpc) is 2.87. The zero-order valence-electron chi connectivity index (χ0n) is 11.5. The summed E-state index contributed by atoms with van der Waals surface area (Å²) in [5.41, 5.74) is 6.29. The van der Waals surface area contributed by atoms with Crippen molar-refractivity contribution in [1.82, 2.24) is 4.90 Å². The molecule has 0 spiro atoms. The number of ether oxygens (including phenoxy) is 1. The van der Waals surface area contributed by atoms with Gasteiger partial charge in [-0.3, -0.25) is 4.79 Å². The number of rotatable bonds is 5. The fourth-order valence-corrected chi connectivity index (χ4v) is 2.50. The van der Waals surface area contributed by atoms with E-state index in [9.17, 15) is 4.79 Å². The Bertz CT molecular complexity index is 417. The van der Waals surface area contributed by atoms with E-state index in [2.05, 4.69) is 6.92 Å². The maximum atomic E-state index is 12.0. The highest BCUT2D eigenvalue weighted by Crippen LogP contribution is 2.21. The summed E-state index contributed by atoms with van der Waals surface area (Å²) in [7, 11) is 0. The van der Waals surface area contributed by atoms with E-state index in [1.54, 1.807) is 24.3 Å². The quantitative estimate of drug-likeness (QED) is 0.828. The molecular weight excluding hydrogens is 240 g/mol. The van der Waals surface area contributed by atoms with Crippen LogP contribution in [0.15, 0.2) is 24.3 Å². The van der Waals surface area contributed by atoms with Gasteiger partial charge in [-0.25, -0.2) is 0 Å². The second kappa shape index (κ2) is 6.45. The molecule has 1 aromatic carbocycles. The Balaban J connectivity index is 1.77. The van der Waals surface area contributed by atoms with Crippen LogP contribution >= 0.6 is 0 Å². The van der Waals surface area contributed by atoms with E-state index in [0.717, 1.165) is 19.5 Å². The van der Waals surface area contributed by atoms with Crippen LogP contribution in [0.3, 0.4) is 0 Å². The molecule has 0 bridgehead atoms. The van der Waals surface area contributed by atoms with Crippen molar-refractivity contribution in [2.45, 2.75) is 26.2 Å². The molecule has 0 radical (unpaired) electrons. The van der Waals surface area contributed by atoms with Crippen molar-refractivity contribution < 1.29 is 9.53 Å². The Kier molecular flexibility index (Phi) is 4.66. The molecule has 1 heterocycles.